The van der Waals surface area contributed by atoms with Crippen LogP contribution in [0.15, 0.2) is 62.2 Å². The minimum Gasteiger partial charge on any atom is -0.468 e. The highest BCUT2D eigenvalue weighted by Gasteiger charge is 2.20. The van der Waals surface area contributed by atoms with E-state index in [9.17, 15) is 9.59 Å². The lowest BCUT2D eigenvalue weighted by Gasteiger charge is -2.10. The molecule has 0 radical (unpaired) electrons. The van der Waals surface area contributed by atoms with Crippen molar-refractivity contribution in [1.29, 1.82) is 0 Å². The number of hydrogen-bond acceptors (Lipinski definition) is 8. The first-order chi connectivity index (χ1) is 14.1. The molecule has 0 aliphatic heterocycles. The molecule has 29 heavy (non-hydrogen) atoms. The van der Waals surface area contributed by atoms with E-state index in [1.165, 1.54) is 36.5 Å². The van der Waals surface area contributed by atoms with Gasteiger partial charge in [0.1, 0.15) is 16.2 Å². The van der Waals surface area contributed by atoms with E-state index >= 15 is 0 Å². The van der Waals surface area contributed by atoms with Crippen LogP contribution in [-0.2, 0) is 17.0 Å². The fourth-order valence-corrected chi connectivity index (χ4v) is 5.66. The minimum absolute atomic E-state index is 0.102. The summed E-state index contributed by atoms with van der Waals surface area (Å²) >= 11 is 4.37. The van der Waals surface area contributed by atoms with Gasteiger partial charge in [-0.15, -0.1) is 29.3 Å². The zero-order chi connectivity index (χ0) is 20.4. The maximum atomic E-state index is 13.3. The molecule has 4 heterocycles. The molecule has 0 fully saturated rings. The number of ether oxygens (including phenoxy) is 1. The molecular weight excluding hydrogens is 428 g/mol. The fourth-order valence-electron chi connectivity index (χ4n) is 2.89. The second kappa shape index (κ2) is 8.40. The van der Waals surface area contributed by atoms with E-state index < -0.39 is 5.97 Å². The van der Waals surface area contributed by atoms with Crippen LogP contribution in [0.3, 0.4) is 0 Å². The van der Waals surface area contributed by atoms with Gasteiger partial charge in [0.05, 0.1) is 24.5 Å². The number of fused-ring (bicyclic) bond motifs is 1. The summed E-state index contributed by atoms with van der Waals surface area (Å²) in [5.41, 5.74) is 1.18. The molecule has 6 nitrogen and oxygen atoms in total. The Hall–Kier alpha value is -2.62. The van der Waals surface area contributed by atoms with Gasteiger partial charge < -0.3 is 9.15 Å². The monoisotopic (exact) mass is 444 g/mol. The minimum atomic E-state index is -0.458. The molecule has 0 bridgehead atoms. The van der Waals surface area contributed by atoms with Gasteiger partial charge in [-0.05, 0) is 17.5 Å². The number of thioether (sulfide) groups is 1. The van der Waals surface area contributed by atoms with Crippen LogP contribution in [0.1, 0.15) is 16.1 Å². The first-order valence-electron chi connectivity index (χ1n) is 8.58. The van der Waals surface area contributed by atoms with Gasteiger partial charge in [0.2, 0.25) is 0 Å². The van der Waals surface area contributed by atoms with Crippen LogP contribution >= 0.6 is 34.4 Å². The van der Waals surface area contributed by atoms with Crippen LogP contribution in [0.2, 0.25) is 0 Å². The first kappa shape index (κ1) is 19.7. The molecule has 0 saturated carbocycles. The molecule has 0 aliphatic rings. The summed E-state index contributed by atoms with van der Waals surface area (Å²) in [7, 11) is 1.32. The number of carbonyl (C=O) groups excluding carboxylic acids is 1. The smallest absolute Gasteiger partial charge is 0.341 e. The summed E-state index contributed by atoms with van der Waals surface area (Å²) < 4.78 is 11.8. The molecule has 0 spiro atoms. The van der Waals surface area contributed by atoms with Gasteiger partial charge in [-0.3, -0.25) is 9.36 Å². The molecule has 4 aromatic heterocycles. The Balaban J connectivity index is 1.74. The second-order valence-corrected chi connectivity index (χ2v) is 8.69. The number of furan rings is 1. The van der Waals surface area contributed by atoms with E-state index in [-0.39, 0.29) is 5.56 Å². The molecule has 0 saturated heterocycles. The zero-order valence-electron chi connectivity index (χ0n) is 15.4. The van der Waals surface area contributed by atoms with E-state index in [1.807, 2.05) is 22.9 Å². The average Bonchev–Trinajstić information content (AvgIpc) is 3.48. The Morgan fingerprint density at radius 2 is 2.28 bits per heavy atom. The zero-order valence-corrected chi connectivity index (χ0v) is 17.9. The van der Waals surface area contributed by atoms with Gasteiger partial charge in [-0.25, -0.2) is 9.78 Å². The fraction of sp³-hybridized carbons (Fsp3) is 0.150. The Bertz CT molecular complexity index is 1230. The van der Waals surface area contributed by atoms with Crippen molar-refractivity contribution in [1.82, 2.24) is 9.55 Å². The maximum absolute atomic E-state index is 13.3. The molecular formula is C20H16N2O4S3. The van der Waals surface area contributed by atoms with Crippen molar-refractivity contribution in [2.24, 2.45) is 0 Å². The molecule has 4 rings (SSSR count). The molecule has 9 heteroatoms. The Kier molecular flexibility index (Phi) is 5.70. The van der Waals surface area contributed by atoms with Crippen LogP contribution in [0.5, 0.6) is 0 Å². The van der Waals surface area contributed by atoms with Crippen LogP contribution in [-0.4, -0.2) is 22.6 Å². The van der Waals surface area contributed by atoms with Crippen molar-refractivity contribution in [3.63, 3.8) is 0 Å². The number of hydrogen-bond donors (Lipinski definition) is 0. The van der Waals surface area contributed by atoms with Gasteiger partial charge in [0.15, 0.2) is 5.16 Å². The van der Waals surface area contributed by atoms with Crippen molar-refractivity contribution < 1.29 is 13.9 Å². The van der Waals surface area contributed by atoms with Crippen molar-refractivity contribution in [2.45, 2.75) is 17.5 Å². The maximum Gasteiger partial charge on any atom is 0.341 e. The molecule has 0 amide bonds. The molecule has 0 aromatic carbocycles. The summed E-state index contributed by atoms with van der Waals surface area (Å²) in [5, 5.41) is 5.13. The third-order valence-electron chi connectivity index (χ3n) is 4.24. The highest BCUT2D eigenvalue weighted by molar-refractivity contribution is 7.98. The second-order valence-electron chi connectivity index (χ2n) is 5.94. The topological polar surface area (TPSA) is 74.3 Å². The van der Waals surface area contributed by atoms with E-state index in [0.29, 0.717) is 39.0 Å². The van der Waals surface area contributed by atoms with Crippen molar-refractivity contribution >= 4 is 50.6 Å². The SMILES string of the molecule is C=CCn1c(SCc2occc2C(=O)OC)nc2scc(-c3cccs3)c2c1=O. The van der Waals surface area contributed by atoms with E-state index in [2.05, 4.69) is 6.58 Å². The van der Waals surface area contributed by atoms with E-state index in [1.54, 1.807) is 28.0 Å². The first-order valence-corrected chi connectivity index (χ1v) is 11.3. The van der Waals surface area contributed by atoms with E-state index in [4.69, 9.17) is 14.1 Å². The number of nitrogens with zero attached hydrogens (tertiary/aromatic N) is 2. The predicted molar refractivity (Wildman–Crippen MR) is 117 cm³/mol. The third kappa shape index (κ3) is 3.68. The summed E-state index contributed by atoms with van der Waals surface area (Å²) in [6, 6.07) is 5.53. The van der Waals surface area contributed by atoms with Crippen LogP contribution in [0.4, 0.5) is 0 Å². The number of carbonyl (C=O) groups is 1. The average molecular weight is 445 g/mol. The Morgan fingerprint density at radius 3 is 3.00 bits per heavy atom. The van der Waals surface area contributed by atoms with Gasteiger partial charge in [-0.1, -0.05) is 23.9 Å². The van der Waals surface area contributed by atoms with E-state index in [0.717, 1.165) is 10.4 Å². The normalized spacial score (nSPS) is 11.1. The van der Waals surface area contributed by atoms with Gasteiger partial charge in [-0.2, -0.15) is 0 Å². The Labute approximate surface area is 178 Å². The number of allylic oxidation sites excluding steroid dienone is 1. The number of rotatable bonds is 7. The Morgan fingerprint density at radius 1 is 1.41 bits per heavy atom. The van der Waals surface area contributed by atoms with Crippen molar-refractivity contribution in [3.8, 4) is 10.4 Å². The molecule has 148 valence electrons. The lowest BCUT2D eigenvalue weighted by atomic mass is 10.2. The predicted octanol–water partition coefficient (Wildman–Crippen LogP) is 5.04. The highest BCUT2D eigenvalue weighted by atomic mass is 32.2. The number of methoxy groups -OCH3 is 1. The van der Waals surface area contributed by atoms with Crippen LogP contribution < -0.4 is 5.56 Å². The number of esters is 1. The summed E-state index contributed by atoms with van der Waals surface area (Å²) in [6.45, 7) is 4.10. The summed E-state index contributed by atoms with van der Waals surface area (Å²) in [5.74, 6) is 0.363. The number of thiophene rings is 2. The van der Waals surface area contributed by atoms with Crippen molar-refractivity contribution in [2.75, 3.05) is 7.11 Å². The molecule has 0 atom stereocenters. The highest BCUT2D eigenvalue weighted by Crippen LogP contribution is 2.35. The van der Waals surface area contributed by atoms with Crippen molar-refractivity contribution in [3.05, 3.63) is 69.6 Å². The van der Waals surface area contributed by atoms with Crippen LogP contribution in [0, 0.1) is 0 Å². The lowest BCUT2D eigenvalue weighted by Crippen LogP contribution is -2.22. The standard InChI is InChI=1S/C20H16N2O4S3/c1-3-7-22-18(23)16-13(15-5-4-9-27-15)10-28-17(16)21-20(22)29-11-14-12(6-8-26-14)19(24)25-2/h3-6,8-10H,1,7,11H2,2H3. The molecule has 0 N–H and O–H groups in total. The molecule has 4 aromatic rings. The van der Waals surface area contributed by atoms with Gasteiger partial charge in [0, 0.05) is 22.4 Å². The quantitative estimate of drug-likeness (QED) is 0.172. The molecule has 0 aliphatic carbocycles. The number of aromatic nitrogens is 2. The van der Waals surface area contributed by atoms with Gasteiger partial charge in [0.25, 0.3) is 5.56 Å². The lowest BCUT2D eigenvalue weighted by molar-refractivity contribution is 0.0598. The van der Waals surface area contributed by atoms with Crippen LogP contribution in [0.25, 0.3) is 20.7 Å². The third-order valence-corrected chi connectivity index (χ3v) is 6.99. The largest absolute Gasteiger partial charge is 0.468 e. The summed E-state index contributed by atoms with van der Waals surface area (Å²) in [4.78, 5) is 31.6. The molecule has 0 unspecified atom stereocenters. The summed E-state index contributed by atoms with van der Waals surface area (Å²) in [6.07, 6.45) is 3.12. The van der Waals surface area contributed by atoms with Gasteiger partial charge >= 0.3 is 5.97 Å².